The maximum Gasteiger partial charge on any atom is 0.169 e. The van der Waals surface area contributed by atoms with E-state index in [-0.39, 0.29) is 15.0 Å². The van der Waals surface area contributed by atoms with E-state index < -0.39 is 8.09 Å². The second kappa shape index (κ2) is 5.42. The molecular weight excluding hydrogens is 115 g/mol. The molecule has 2 radical (unpaired) electrons. The first kappa shape index (κ1) is 3.43. The molecule has 0 bridgehead atoms. The number of rotatable bonds is 2. The molecule has 0 saturated carbocycles. The van der Waals surface area contributed by atoms with Crippen LogP contribution < -0.4 is 0 Å². The molecule has 0 N–H and O–H groups in total. The largest absolute Gasteiger partial charge is 0.201 e. The molecule has 0 spiro atoms. The summed E-state index contributed by atoms with van der Waals surface area (Å²) in [6.45, 7) is -0.347. The van der Waals surface area contributed by atoms with Crippen LogP contribution in [0.3, 0.4) is 0 Å². The summed E-state index contributed by atoms with van der Waals surface area (Å²) in [6.07, 6.45) is 0. The zero-order valence-corrected chi connectivity index (χ0v) is 5.73. The lowest BCUT2D eigenvalue weighted by atomic mass is 10.7. The zero-order chi connectivity index (χ0) is 5.86. The van der Waals surface area contributed by atoms with E-state index in [2.05, 4.69) is 8.93 Å². The fraction of sp³-hybridized carbons (Fsp3) is 0. The molecule has 5 heteroatoms. The van der Waals surface area contributed by atoms with Crippen molar-refractivity contribution in [1.82, 2.24) is 0 Å². The summed E-state index contributed by atoms with van der Waals surface area (Å²) in [4.78, 5) is 0. The molecule has 0 aromatic rings. The lowest BCUT2D eigenvalue weighted by Gasteiger charge is -1.77. The van der Waals surface area contributed by atoms with E-state index in [1.165, 1.54) is 0 Å². The van der Waals surface area contributed by atoms with Gasteiger partial charge in [-0.1, -0.05) is 0 Å². The summed E-state index contributed by atoms with van der Waals surface area (Å²) < 4.78 is 13.9. The highest BCUT2D eigenvalue weighted by molar-refractivity contribution is 8.30. The second-order valence-corrected chi connectivity index (χ2v) is 3.00. The van der Waals surface area contributed by atoms with Crippen LogP contribution in [0.5, 0.6) is 0 Å². The Morgan fingerprint density at radius 2 is 3.00 bits per heavy atom. The van der Waals surface area contributed by atoms with E-state index in [0.29, 0.717) is 0 Å². The predicted molar refractivity (Wildman–Crippen MR) is 39.2 cm³/mol. The van der Waals surface area contributed by atoms with Crippen molar-refractivity contribution in [3.63, 3.8) is 0 Å². The smallest absolute Gasteiger partial charge is 0.169 e. The van der Waals surface area contributed by atoms with E-state index in [0.717, 1.165) is 0 Å². The minimum Gasteiger partial charge on any atom is -0.201 e. The monoisotopic (exact) mass is 122 g/mol. The average Bonchev–Trinajstić information content (AvgIpc) is 1.65. The molecule has 5 heavy (non-hydrogen) atoms. The number of hydrogen-bond acceptors (Lipinski definition) is 0. The van der Waals surface area contributed by atoms with Crippen LogP contribution in [0.1, 0.15) is 0 Å². The first-order valence-electron chi connectivity index (χ1n) is 2.12. The van der Waals surface area contributed by atoms with Crippen molar-refractivity contribution < 1.29 is 0 Å². The van der Waals surface area contributed by atoms with E-state index in [1.807, 2.05) is 0 Å². The van der Waals surface area contributed by atoms with Gasteiger partial charge < -0.3 is 0 Å². The minimum absolute atomic E-state index is 0.0990. The van der Waals surface area contributed by atoms with Crippen molar-refractivity contribution in [1.29, 1.82) is 2.61 Å². The summed E-state index contributed by atoms with van der Waals surface area (Å²) >= 11 is 0. The molecule has 3 atom stereocenters. The summed E-state index contributed by atoms with van der Waals surface area (Å²) in [6, 6.07) is 0. The third-order valence-corrected chi connectivity index (χ3v) is 2.68. The summed E-state index contributed by atoms with van der Waals surface area (Å²) in [5, 5.41) is 0. The Labute approximate surface area is 43.1 Å². The van der Waals surface area contributed by atoms with Gasteiger partial charge in [0.2, 0.25) is 0 Å². The highest BCUT2D eigenvalue weighted by atomic mass is 32.0. The third-order valence-electron chi connectivity index (χ3n) is 0.149. The fourth-order valence-corrected chi connectivity index (χ4v) is 1.16. The van der Waals surface area contributed by atoms with Gasteiger partial charge in [-0.05, 0) is 1.34 Å². The van der Waals surface area contributed by atoms with Crippen LogP contribution >= 0.6 is 25.4 Å². The molecule has 3 unspecified atom stereocenters. The van der Waals surface area contributed by atoms with Gasteiger partial charge in [-0.3, -0.25) is 0 Å². The van der Waals surface area contributed by atoms with Crippen molar-refractivity contribution in [3.05, 3.63) is 0 Å². The lowest BCUT2D eigenvalue weighted by molar-refractivity contribution is 4.57. The predicted octanol–water partition coefficient (Wildman–Crippen LogP) is 0.483. The van der Waals surface area contributed by atoms with Crippen molar-refractivity contribution >= 4 is 39.6 Å². The molecule has 0 aliphatic rings. The van der Waals surface area contributed by atoms with Gasteiger partial charge in [-0.2, -0.15) is 0 Å². The quantitative estimate of drug-likeness (QED) is 0.368. The Morgan fingerprint density at radius 1 is 2.40 bits per heavy atom. The zero-order valence-electron chi connectivity index (χ0n) is 4.68. The van der Waals surface area contributed by atoms with Gasteiger partial charge in [-0.25, -0.2) is 8.34 Å². The van der Waals surface area contributed by atoms with Crippen LogP contribution in [0, 0.1) is 0 Å². The molecule has 0 nitrogen and oxygen atoms in total. The van der Waals surface area contributed by atoms with Crippen molar-refractivity contribution in [3.8, 4) is 0 Å². The van der Waals surface area contributed by atoms with Crippen LogP contribution in [-0.2, 0) is 0 Å². The van der Waals surface area contributed by atoms with Gasteiger partial charge in [-0.15, -0.1) is 17.0 Å². The molecule has 26 valence electrons. The van der Waals surface area contributed by atoms with Crippen LogP contribution in [0.15, 0.2) is 0 Å². The highest BCUT2D eigenvalue weighted by Crippen LogP contribution is 2.23. The summed E-state index contributed by atoms with van der Waals surface area (Å²) in [7, 11) is 6.54. The third kappa shape index (κ3) is 5.42. The first-order valence-corrected chi connectivity index (χ1v) is 4.83. The van der Waals surface area contributed by atoms with Gasteiger partial charge in [0.1, 0.15) is 0 Å². The molecule has 0 fully saturated rings. The van der Waals surface area contributed by atoms with E-state index in [4.69, 9.17) is 10.2 Å². The molecule has 0 aromatic carbocycles. The molecular formula is H5B2P3. The second-order valence-electron chi connectivity index (χ2n) is 0.445. The molecule has 0 aromatic heterocycles. The van der Waals surface area contributed by atoms with Crippen LogP contribution in [0.2, 0.25) is 0 Å². The maximum absolute atomic E-state index is 6.98. The Balaban J connectivity index is 3.14. The highest BCUT2D eigenvalue weighted by Gasteiger charge is 1.71. The molecule has 0 heterocycles. The Bertz CT molecular complexity index is 48.2. The minimum atomic E-state index is -0.941. The Morgan fingerprint density at radius 3 is 3.00 bits per heavy atom. The van der Waals surface area contributed by atoms with Gasteiger partial charge in [0.15, 0.2) is 6.68 Å². The van der Waals surface area contributed by atoms with E-state index >= 15 is 0 Å². The van der Waals surface area contributed by atoms with E-state index in [9.17, 15) is 0 Å². The van der Waals surface area contributed by atoms with Crippen molar-refractivity contribution in [2.24, 2.45) is 0 Å². The van der Waals surface area contributed by atoms with Gasteiger partial charge in [0.25, 0.3) is 0 Å². The summed E-state index contributed by atoms with van der Waals surface area (Å²) in [5.74, 6) is 0. The molecule has 0 rings (SSSR count). The van der Waals surface area contributed by atoms with Gasteiger partial charge >= 0.3 is 0 Å². The van der Waals surface area contributed by atoms with Crippen LogP contribution in [-0.4, -0.2) is 16.9 Å². The Hall–Kier alpha value is 1.42. The average molecular weight is 122 g/mol. The van der Waals surface area contributed by atoms with Gasteiger partial charge in [0, 0.05) is 0 Å². The maximum atomic E-state index is 6.98. The van der Waals surface area contributed by atoms with Crippen molar-refractivity contribution in [2.75, 3.05) is 0 Å². The van der Waals surface area contributed by atoms with Crippen molar-refractivity contribution in [2.45, 2.75) is 0 Å². The molecule has 0 saturated heterocycles. The SMILES string of the molecule is [2H]B(P[B])P([2H])P. The molecule has 0 aliphatic heterocycles. The molecule has 0 amide bonds. The fourth-order valence-electron chi connectivity index (χ4n) is 0.0430. The van der Waals surface area contributed by atoms with Gasteiger partial charge in [0.05, 0.1) is 8.84 Å². The van der Waals surface area contributed by atoms with E-state index in [1.54, 1.807) is 0 Å². The normalized spacial score (nSPS) is 21.8. The standard InChI is InChI=1S/B2H5P3/c1-4-2-5-3/h2,4-5H,3H2/i2D,5D. The first-order chi connectivity index (χ1) is 3.18. The lowest BCUT2D eigenvalue weighted by Crippen LogP contribution is -1.54. The number of hydrogen-bond donors (Lipinski definition) is 0. The van der Waals surface area contributed by atoms with Crippen LogP contribution in [0.4, 0.5) is 0 Å². The van der Waals surface area contributed by atoms with Crippen LogP contribution in [0.25, 0.3) is 0 Å². The summed E-state index contributed by atoms with van der Waals surface area (Å²) in [5.41, 5.74) is 0. The topological polar surface area (TPSA) is 0 Å². The Kier molecular flexibility index (Phi) is 3.71. The molecule has 0 aliphatic carbocycles.